The van der Waals surface area contributed by atoms with E-state index < -0.39 is 0 Å². The van der Waals surface area contributed by atoms with Crippen molar-refractivity contribution in [1.82, 2.24) is 14.8 Å². The minimum absolute atomic E-state index is 0.0687. The van der Waals surface area contributed by atoms with Crippen molar-refractivity contribution in [2.24, 2.45) is 0 Å². The minimum Gasteiger partial charge on any atom is -0.325 e. The second kappa shape index (κ2) is 9.39. The van der Waals surface area contributed by atoms with E-state index >= 15 is 0 Å². The number of nitrogens with zero attached hydrogens (tertiary/aromatic N) is 3. The van der Waals surface area contributed by atoms with Crippen molar-refractivity contribution in [3.05, 3.63) is 58.6 Å². The lowest BCUT2D eigenvalue weighted by molar-refractivity contribution is -0.113. The maximum Gasteiger partial charge on any atom is 0.234 e. The first-order chi connectivity index (χ1) is 13.5. The summed E-state index contributed by atoms with van der Waals surface area (Å²) < 4.78 is 3.02. The van der Waals surface area contributed by atoms with Crippen LogP contribution in [0.1, 0.15) is 32.3 Å². The van der Waals surface area contributed by atoms with E-state index in [2.05, 4.69) is 76.5 Å². The number of carbonyl (C=O) groups excluding carboxylic acids is 1. The van der Waals surface area contributed by atoms with Crippen LogP contribution in [-0.2, 0) is 11.3 Å². The molecule has 146 valence electrons. The van der Waals surface area contributed by atoms with Crippen LogP contribution in [0.3, 0.4) is 0 Å². The Labute approximate surface area is 178 Å². The number of halogens is 1. The highest BCUT2D eigenvalue weighted by Crippen LogP contribution is 2.26. The predicted octanol–water partition coefficient (Wildman–Crippen LogP) is 5.58. The fraction of sp³-hybridized carbons (Fsp3) is 0.286. The standard InChI is InChI=1S/C21H23BrN4OS/c1-4-26-20(16-7-5-15(6-8-16)14(2)3)24-25-21(26)28-13-19(27)23-18-11-9-17(22)10-12-18/h5-12,14H,4,13H2,1-3H3,(H,23,27). The monoisotopic (exact) mass is 458 g/mol. The molecular weight excluding hydrogens is 436 g/mol. The Bertz CT molecular complexity index is 936. The first kappa shape index (κ1) is 20.6. The SMILES string of the molecule is CCn1c(SCC(=O)Nc2ccc(Br)cc2)nnc1-c1ccc(C(C)C)cc1. The highest BCUT2D eigenvalue weighted by molar-refractivity contribution is 9.10. The Kier molecular flexibility index (Phi) is 6.91. The molecular formula is C21H23BrN4OS. The molecule has 0 aliphatic heterocycles. The third-order valence-corrected chi connectivity index (χ3v) is 5.82. The zero-order valence-electron chi connectivity index (χ0n) is 16.1. The van der Waals surface area contributed by atoms with Crippen molar-refractivity contribution in [1.29, 1.82) is 0 Å². The van der Waals surface area contributed by atoms with Crippen LogP contribution >= 0.6 is 27.7 Å². The molecule has 1 heterocycles. The third-order valence-electron chi connectivity index (χ3n) is 4.33. The Morgan fingerprint density at radius 2 is 1.79 bits per heavy atom. The summed E-state index contributed by atoms with van der Waals surface area (Å²) in [5.74, 6) is 1.53. The number of carbonyl (C=O) groups is 1. The molecule has 1 N–H and O–H groups in total. The maximum absolute atomic E-state index is 12.2. The summed E-state index contributed by atoms with van der Waals surface area (Å²) in [5.41, 5.74) is 3.10. The summed E-state index contributed by atoms with van der Waals surface area (Å²) in [6.07, 6.45) is 0. The molecule has 0 unspecified atom stereocenters. The molecule has 1 aromatic heterocycles. The molecule has 0 spiro atoms. The Morgan fingerprint density at radius 3 is 2.39 bits per heavy atom. The molecule has 5 nitrogen and oxygen atoms in total. The van der Waals surface area contributed by atoms with E-state index in [0.717, 1.165) is 33.2 Å². The second-order valence-corrected chi connectivity index (χ2v) is 8.53. The molecule has 0 fully saturated rings. The smallest absolute Gasteiger partial charge is 0.234 e. The van der Waals surface area contributed by atoms with Gasteiger partial charge in [-0.2, -0.15) is 0 Å². The van der Waals surface area contributed by atoms with Gasteiger partial charge in [-0.05, 0) is 42.7 Å². The van der Waals surface area contributed by atoms with Crippen LogP contribution in [0.5, 0.6) is 0 Å². The molecule has 7 heteroatoms. The molecule has 0 saturated carbocycles. The number of nitrogens with one attached hydrogen (secondary N) is 1. The van der Waals surface area contributed by atoms with E-state index in [4.69, 9.17) is 0 Å². The van der Waals surface area contributed by atoms with Crippen LogP contribution in [0, 0.1) is 0 Å². The number of rotatable bonds is 7. The topological polar surface area (TPSA) is 59.8 Å². The molecule has 3 rings (SSSR count). The second-order valence-electron chi connectivity index (χ2n) is 6.67. The molecule has 0 saturated heterocycles. The van der Waals surface area contributed by atoms with E-state index in [1.807, 2.05) is 28.8 Å². The first-order valence-electron chi connectivity index (χ1n) is 9.19. The minimum atomic E-state index is -0.0687. The molecule has 2 aromatic carbocycles. The van der Waals surface area contributed by atoms with Crippen molar-refractivity contribution in [2.75, 3.05) is 11.1 Å². The summed E-state index contributed by atoms with van der Waals surface area (Å²) in [4.78, 5) is 12.2. The largest absolute Gasteiger partial charge is 0.325 e. The van der Waals surface area contributed by atoms with E-state index in [1.54, 1.807) is 0 Å². The van der Waals surface area contributed by atoms with Gasteiger partial charge in [0.1, 0.15) is 0 Å². The molecule has 28 heavy (non-hydrogen) atoms. The van der Waals surface area contributed by atoms with Crippen molar-refractivity contribution in [3.63, 3.8) is 0 Å². The van der Waals surface area contributed by atoms with Crippen LogP contribution < -0.4 is 5.32 Å². The lowest BCUT2D eigenvalue weighted by Gasteiger charge is -2.09. The van der Waals surface area contributed by atoms with Crippen LogP contribution in [0.25, 0.3) is 11.4 Å². The summed E-state index contributed by atoms with van der Waals surface area (Å²) in [5, 5.41) is 12.3. The summed E-state index contributed by atoms with van der Waals surface area (Å²) >= 11 is 4.78. The molecule has 0 atom stereocenters. The molecule has 0 aliphatic carbocycles. The number of hydrogen-bond acceptors (Lipinski definition) is 4. The lowest BCUT2D eigenvalue weighted by atomic mass is 10.0. The summed E-state index contributed by atoms with van der Waals surface area (Å²) in [7, 11) is 0. The zero-order chi connectivity index (χ0) is 20.1. The van der Waals surface area contributed by atoms with Crippen LogP contribution in [-0.4, -0.2) is 26.4 Å². The van der Waals surface area contributed by atoms with Crippen molar-refractivity contribution in [2.45, 2.75) is 38.4 Å². The van der Waals surface area contributed by atoms with Crippen LogP contribution in [0.2, 0.25) is 0 Å². The van der Waals surface area contributed by atoms with Crippen molar-refractivity contribution >= 4 is 39.3 Å². The molecule has 3 aromatic rings. The van der Waals surface area contributed by atoms with Gasteiger partial charge in [-0.3, -0.25) is 4.79 Å². The Balaban J connectivity index is 1.68. The number of benzene rings is 2. The van der Waals surface area contributed by atoms with Crippen molar-refractivity contribution in [3.8, 4) is 11.4 Å². The Morgan fingerprint density at radius 1 is 1.11 bits per heavy atom. The van der Waals surface area contributed by atoms with E-state index in [9.17, 15) is 4.79 Å². The third kappa shape index (κ3) is 5.02. The van der Waals surface area contributed by atoms with E-state index in [1.165, 1.54) is 17.3 Å². The number of amides is 1. The van der Waals surface area contributed by atoms with Crippen LogP contribution in [0.15, 0.2) is 58.2 Å². The highest BCUT2D eigenvalue weighted by Gasteiger charge is 2.15. The van der Waals surface area contributed by atoms with Gasteiger partial charge >= 0.3 is 0 Å². The zero-order valence-corrected chi connectivity index (χ0v) is 18.5. The van der Waals surface area contributed by atoms with Gasteiger partial charge < -0.3 is 9.88 Å². The van der Waals surface area contributed by atoms with Gasteiger partial charge in [0.15, 0.2) is 11.0 Å². The van der Waals surface area contributed by atoms with Gasteiger partial charge in [-0.25, -0.2) is 0 Å². The van der Waals surface area contributed by atoms with Gasteiger partial charge in [0, 0.05) is 22.3 Å². The van der Waals surface area contributed by atoms with Gasteiger partial charge in [-0.1, -0.05) is 65.8 Å². The lowest BCUT2D eigenvalue weighted by Crippen LogP contribution is -2.14. The normalized spacial score (nSPS) is 11.0. The predicted molar refractivity (Wildman–Crippen MR) is 119 cm³/mol. The number of aromatic nitrogens is 3. The average Bonchev–Trinajstić information content (AvgIpc) is 3.11. The quantitative estimate of drug-likeness (QED) is 0.469. The molecule has 0 aliphatic rings. The number of hydrogen-bond donors (Lipinski definition) is 1. The Hall–Kier alpha value is -2.12. The average molecular weight is 459 g/mol. The fourth-order valence-electron chi connectivity index (χ4n) is 2.77. The summed E-state index contributed by atoms with van der Waals surface area (Å²) in [6.45, 7) is 7.15. The number of anilines is 1. The number of thioether (sulfide) groups is 1. The molecule has 0 bridgehead atoms. The van der Waals surface area contributed by atoms with E-state index in [-0.39, 0.29) is 11.7 Å². The molecule has 0 radical (unpaired) electrons. The fourth-order valence-corrected chi connectivity index (χ4v) is 3.84. The van der Waals surface area contributed by atoms with Gasteiger partial charge in [0.25, 0.3) is 0 Å². The maximum atomic E-state index is 12.2. The summed E-state index contributed by atoms with van der Waals surface area (Å²) in [6, 6.07) is 15.9. The highest BCUT2D eigenvalue weighted by atomic mass is 79.9. The van der Waals surface area contributed by atoms with Gasteiger partial charge in [-0.15, -0.1) is 10.2 Å². The molecule has 1 amide bonds. The van der Waals surface area contributed by atoms with E-state index in [0.29, 0.717) is 5.92 Å². The van der Waals surface area contributed by atoms with Crippen molar-refractivity contribution < 1.29 is 4.79 Å². The van der Waals surface area contributed by atoms with Gasteiger partial charge in [0.05, 0.1) is 5.75 Å². The van der Waals surface area contributed by atoms with Crippen LogP contribution in [0.4, 0.5) is 5.69 Å². The van der Waals surface area contributed by atoms with Gasteiger partial charge in [0.2, 0.25) is 5.91 Å². The first-order valence-corrected chi connectivity index (χ1v) is 11.0.